The second kappa shape index (κ2) is 10.4. The van der Waals surface area contributed by atoms with E-state index in [2.05, 4.69) is 51.8 Å². The highest BCUT2D eigenvalue weighted by Gasteiger charge is 2.20. The highest BCUT2D eigenvalue weighted by molar-refractivity contribution is 8.03. The van der Waals surface area contributed by atoms with E-state index in [0.29, 0.717) is 6.42 Å². The lowest BCUT2D eigenvalue weighted by atomic mass is 10.1. The van der Waals surface area contributed by atoms with Crippen molar-refractivity contribution in [2.24, 2.45) is 9.98 Å². The summed E-state index contributed by atoms with van der Waals surface area (Å²) in [6.07, 6.45) is 13.7. The van der Waals surface area contributed by atoms with E-state index in [1.54, 1.807) is 18.8 Å². The van der Waals surface area contributed by atoms with E-state index in [1.807, 2.05) is 42.6 Å². The Labute approximate surface area is 177 Å². The van der Waals surface area contributed by atoms with Gasteiger partial charge in [-0.3, -0.25) is 14.9 Å². The molecule has 4 nitrogen and oxygen atoms in total. The topological polar surface area (TPSA) is 51.8 Å². The van der Waals surface area contributed by atoms with Gasteiger partial charge in [0.1, 0.15) is 5.84 Å². The van der Waals surface area contributed by atoms with Gasteiger partial charge in [-0.15, -0.1) is 11.8 Å². The van der Waals surface area contributed by atoms with Gasteiger partial charge in [0, 0.05) is 48.8 Å². The first-order valence-electron chi connectivity index (χ1n) is 9.53. The average molecular weight is 401 g/mol. The number of hydrogen-bond donors (Lipinski definition) is 0. The summed E-state index contributed by atoms with van der Waals surface area (Å²) >= 11 is 1.66. The second-order valence-corrected chi connectivity index (χ2v) is 7.58. The molecular weight excluding hydrogens is 376 g/mol. The molecule has 0 N–H and O–H groups in total. The number of dihydropyridines is 1. The van der Waals surface area contributed by atoms with Gasteiger partial charge in [0.2, 0.25) is 0 Å². The molecule has 0 spiro atoms. The Morgan fingerprint density at radius 3 is 2.83 bits per heavy atom. The number of amidine groups is 1. The molecule has 0 amide bonds. The highest BCUT2D eigenvalue weighted by atomic mass is 32.2. The van der Waals surface area contributed by atoms with E-state index in [-0.39, 0.29) is 0 Å². The third kappa shape index (κ3) is 5.46. The van der Waals surface area contributed by atoms with Crippen LogP contribution in [-0.2, 0) is 0 Å². The number of hydrogen-bond acceptors (Lipinski definition) is 4. The molecule has 1 heterocycles. The van der Waals surface area contributed by atoms with Crippen LogP contribution >= 0.6 is 11.8 Å². The summed E-state index contributed by atoms with van der Waals surface area (Å²) < 4.78 is 0. The fourth-order valence-electron chi connectivity index (χ4n) is 3.06. The molecule has 2 aliphatic rings. The van der Waals surface area contributed by atoms with Gasteiger partial charge in [-0.2, -0.15) is 5.26 Å². The highest BCUT2D eigenvalue weighted by Crippen LogP contribution is 2.30. The quantitative estimate of drug-likeness (QED) is 0.470. The smallest absolute Gasteiger partial charge is 0.141 e. The minimum absolute atomic E-state index is 0.679. The SMILES string of the molecule is C=C(SCC1=CC=C(C#N)CC=C1)N(/C(=N\C)C1=CCCN=C1)c1ccccc1. The Bertz CT molecular complexity index is 972. The first-order chi connectivity index (χ1) is 14.2. The summed E-state index contributed by atoms with van der Waals surface area (Å²) in [5.74, 6) is 1.60. The zero-order chi connectivity index (χ0) is 20.5. The number of benzene rings is 1. The molecule has 5 heteroatoms. The number of rotatable bonds is 6. The van der Waals surface area contributed by atoms with Crippen LogP contribution in [0.3, 0.4) is 0 Å². The van der Waals surface area contributed by atoms with Crippen LogP contribution in [0.15, 0.2) is 99.0 Å². The third-order valence-corrected chi connectivity index (χ3v) is 5.51. The molecule has 29 heavy (non-hydrogen) atoms. The van der Waals surface area contributed by atoms with Crippen molar-refractivity contribution in [2.45, 2.75) is 12.8 Å². The van der Waals surface area contributed by atoms with Gasteiger partial charge >= 0.3 is 0 Å². The number of allylic oxidation sites excluding steroid dienone is 5. The van der Waals surface area contributed by atoms with Crippen LogP contribution in [0.1, 0.15) is 12.8 Å². The Kier molecular flexibility index (Phi) is 7.43. The monoisotopic (exact) mass is 400 g/mol. The predicted octanol–water partition coefficient (Wildman–Crippen LogP) is 5.46. The van der Waals surface area contributed by atoms with Crippen molar-refractivity contribution >= 4 is 29.5 Å². The van der Waals surface area contributed by atoms with E-state index >= 15 is 0 Å². The predicted molar refractivity (Wildman–Crippen MR) is 125 cm³/mol. The fourth-order valence-corrected chi connectivity index (χ4v) is 3.90. The van der Waals surface area contributed by atoms with E-state index < -0.39 is 0 Å². The van der Waals surface area contributed by atoms with Gasteiger partial charge in [-0.05, 0) is 30.2 Å². The summed E-state index contributed by atoms with van der Waals surface area (Å²) in [5.41, 5.74) is 3.96. The van der Waals surface area contributed by atoms with Gasteiger partial charge in [0.15, 0.2) is 0 Å². The number of anilines is 1. The van der Waals surface area contributed by atoms with E-state index in [9.17, 15) is 0 Å². The largest absolute Gasteiger partial charge is 0.292 e. The third-order valence-electron chi connectivity index (χ3n) is 4.52. The van der Waals surface area contributed by atoms with Gasteiger partial charge in [-0.25, -0.2) is 0 Å². The molecule has 146 valence electrons. The average Bonchev–Trinajstić information content (AvgIpc) is 3.02. The zero-order valence-corrected chi connectivity index (χ0v) is 17.4. The lowest BCUT2D eigenvalue weighted by Gasteiger charge is -2.28. The lowest BCUT2D eigenvalue weighted by Crippen LogP contribution is -2.31. The van der Waals surface area contributed by atoms with Crippen molar-refractivity contribution in [3.05, 3.63) is 89.0 Å². The molecule has 1 aliphatic carbocycles. The number of nitriles is 1. The molecule has 0 saturated carbocycles. The first kappa shape index (κ1) is 20.6. The van der Waals surface area contributed by atoms with Crippen molar-refractivity contribution in [1.82, 2.24) is 0 Å². The number of nitrogens with zero attached hydrogens (tertiary/aromatic N) is 4. The van der Waals surface area contributed by atoms with Crippen LogP contribution in [0.5, 0.6) is 0 Å². The molecule has 0 unspecified atom stereocenters. The summed E-state index contributed by atoms with van der Waals surface area (Å²) in [7, 11) is 1.80. The molecule has 1 aromatic carbocycles. The minimum atomic E-state index is 0.679. The molecule has 1 aromatic rings. The van der Waals surface area contributed by atoms with Crippen LogP contribution in [0.4, 0.5) is 5.69 Å². The summed E-state index contributed by atoms with van der Waals surface area (Å²) in [4.78, 5) is 11.1. The number of thioether (sulfide) groups is 1. The van der Waals surface area contributed by atoms with Crippen LogP contribution in [-0.4, -0.2) is 31.4 Å². The number of para-hydroxylation sites is 1. The maximum Gasteiger partial charge on any atom is 0.141 e. The van der Waals surface area contributed by atoms with E-state index in [0.717, 1.165) is 52.0 Å². The Morgan fingerprint density at radius 1 is 1.31 bits per heavy atom. The second-order valence-electron chi connectivity index (χ2n) is 6.54. The Hall–Kier alpha value is -3.10. The Morgan fingerprint density at radius 2 is 2.14 bits per heavy atom. The first-order valence-corrected chi connectivity index (χ1v) is 10.5. The van der Waals surface area contributed by atoms with Gasteiger partial charge in [-0.1, -0.05) is 49.1 Å². The fraction of sp³-hybridized carbons (Fsp3) is 0.208. The normalized spacial score (nSPS) is 16.3. The maximum absolute atomic E-state index is 9.09. The summed E-state index contributed by atoms with van der Waals surface area (Å²) in [6, 6.07) is 12.4. The van der Waals surface area contributed by atoms with Crippen LogP contribution in [0.2, 0.25) is 0 Å². The molecule has 0 saturated heterocycles. The summed E-state index contributed by atoms with van der Waals surface area (Å²) in [6.45, 7) is 5.17. The van der Waals surface area contributed by atoms with Crippen molar-refractivity contribution in [3.63, 3.8) is 0 Å². The van der Waals surface area contributed by atoms with Crippen LogP contribution in [0.25, 0.3) is 0 Å². The van der Waals surface area contributed by atoms with Gasteiger partial charge in [0.05, 0.1) is 11.1 Å². The molecule has 0 radical (unpaired) electrons. The zero-order valence-electron chi connectivity index (χ0n) is 16.6. The molecular formula is C24H24N4S. The minimum Gasteiger partial charge on any atom is -0.292 e. The molecule has 1 aliphatic heterocycles. The van der Waals surface area contributed by atoms with Crippen molar-refractivity contribution in [2.75, 3.05) is 24.2 Å². The van der Waals surface area contributed by atoms with Crippen molar-refractivity contribution in [1.29, 1.82) is 5.26 Å². The van der Waals surface area contributed by atoms with Crippen LogP contribution in [0, 0.1) is 11.3 Å². The molecule has 0 aromatic heterocycles. The molecule has 3 rings (SSSR count). The van der Waals surface area contributed by atoms with Crippen LogP contribution < -0.4 is 4.90 Å². The maximum atomic E-state index is 9.09. The molecule has 0 bridgehead atoms. The number of aliphatic imine (C=N–C) groups is 2. The van der Waals surface area contributed by atoms with Gasteiger partial charge < -0.3 is 0 Å². The van der Waals surface area contributed by atoms with Gasteiger partial charge in [0.25, 0.3) is 0 Å². The van der Waals surface area contributed by atoms with Crippen molar-refractivity contribution in [3.8, 4) is 6.07 Å². The van der Waals surface area contributed by atoms with E-state index in [4.69, 9.17) is 5.26 Å². The van der Waals surface area contributed by atoms with Crippen molar-refractivity contribution < 1.29 is 0 Å². The lowest BCUT2D eigenvalue weighted by molar-refractivity contribution is 0.995. The standard InChI is InChI=1S/C24H24N4S/c1-19(29-18-21-9-6-8-20(16-25)13-14-21)28(23-11-4-3-5-12-23)24(26-2)22-10-7-15-27-17-22/h3-6,9-14,17H,1,7-8,15,18H2,2H3/b26-24-. The van der Waals surface area contributed by atoms with E-state index in [1.165, 1.54) is 0 Å². The Balaban J connectivity index is 1.83. The summed E-state index contributed by atoms with van der Waals surface area (Å²) in [5, 5.41) is 9.98. The molecule has 0 atom stereocenters. The molecule has 0 fully saturated rings.